The van der Waals surface area contributed by atoms with Crippen molar-refractivity contribution in [3.05, 3.63) is 0 Å². The van der Waals surface area contributed by atoms with E-state index in [4.69, 9.17) is 5.11 Å². The highest BCUT2D eigenvalue weighted by molar-refractivity contribution is 7.99. The number of amides is 2. The van der Waals surface area contributed by atoms with Crippen LogP contribution in [-0.2, 0) is 4.79 Å². The van der Waals surface area contributed by atoms with E-state index in [9.17, 15) is 9.59 Å². The number of aliphatic carboxylic acids is 1. The molecule has 0 bridgehead atoms. The SMILES string of the molecule is O=C(O)CN(C(=O)NCC1CCSCC1)C1CCCC1. The lowest BCUT2D eigenvalue weighted by Gasteiger charge is -2.29. The Balaban J connectivity index is 1.83. The van der Waals surface area contributed by atoms with Crippen molar-refractivity contribution >= 4 is 23.8 Å². The molecule has 0 spiro atoms. The van der Waals surface area contributed by atoms with E-state index in [1.165, 1.54) is 16.4 Å². The minimum atomic E-state index is -0.930. The number of nitrogens with one attached hydrogen (secondary N) is 1. The summed E-state index contributed by atoms with van der Waals surface area (Å²) < 4.78 is 0. The molecule has 0 aromatic rings. The maximum Gasteiger partial charge on any atom is 0.323 e. The second kappa shape index (κ2) is 7.76. The Bertz CT molecular complexity index is 339. The summed E-state index contributed by atoms with van der Waals surface area (Å²) in [6.07, 6.45) is 6.34. The summed E-state index contributed by atoms with van der Waals surface area (Å²) in [5.41, 5.74) is 0. The molecule has 0 radical (unpaired) electrons. The third kappa shape index (κ3) is 4.58. The zero-order chi connectivity index (χ0) is 14.4. The van der Waals surface area contributed by atoms with Crippen molar-refractivity contribution in [1.29, 1.82) is 0 Å². The maximum absolute atomic E-state index is 12.3. The molecule has 20 heavy (non-hydrogen) atoms. The molecule has 1 saturated heterocycles. The van der Waals surface area contributed by atoms with Gasteiger partial charge in [0.25, 0.3) is 0 Å². The van der Waals surface area contributed by atoms with E-state index >= 15 is 0 Å². The van der Waals surface area contributed by atoms with Gasteiger partial charge in [-0.3, -0.25) is 4.79 Å². The van der Waals surface area contributed by atoms with Crippen LogP contribution in [-0.4, -0.2) is 52.6 Å². The van der Waals surface area contributed by atoms with Gasteiger partial charge >= 0.3 is 12.0 Å². The third-order valence-corrected chi connectivity index (χ3v) is 5.26. The molecule has 2 amide bonds. The van der Waals surface area contributed by atoms with Gasteiger partial charge in [0.1, 0.15) is 6.54 Å². The minimum Gasteiger partial charge on any atom is -0.480 e. The molecular formula is C14H24N2O3S. The van der Waals surface area contributed by atoms with Crippen LogP contribution in [0.4, 0.5) is 4.79 Å². The van der Waals surface area contributed by atoms with E-state index in [1.807, 2.05) is 11.8 Å². The van der Waals surface area contributed by atoms with Crippen molar-refractivity contribution < 1.29 is 14.7 Å². The lowest BCUT2D eigenvalue weighted by Crippen LogP contribution is -2.48. The summed E-state index contributed by atoms with van der Waals surface area (Å²) >= 11 is 1.97. The molecule has 1 saturated carbocycles. The molecule has 114 valence electrons. The third-order valence-electron chi connectivity index (χ3n) is 4.21. The summed E-state index contributed by atoms with van der Waals surface area (Å²) in [5.74, 6) is 1.96. The van der Waals surface area contributed by atoms with E-state index in [-0.39, 0.29) is 18.6 Å². The molecule has 1 aliphatic carbocycles. The predicted molar refractivity (Wildman–Crippen MR) is 80.0 cm³/mol. The number of carbonyl (C=O) groups is 2. The number of nitrogens with zero attached hydrogens (tertiary/aromatic N) is 1. The average Bonchev–Trinajstić information content (AvgIpc) is 2.97. The van der Waals surface area contributed by atoms with E-state index in [0.29, 0.717) is 12.5 Å². The van der Waals surface area contributed by atoms with Gasteiger partial charge in [0, 0.05) is 12.6 Å². The Morgan fingerprint density at radius 1 is 1.15 bits per heavy atom. The smallest absolute Gasteiger partial charge is 0.323 e. The summed E-state index contributed by atoms with van der Waals surface area (Å²) in [5, 5.41) is 11.9. The van der Waals surface area contributed by atoms with Crippen LogP contribution in [0.15, 0.2) is 0 Å². The van der Waals surface area contributed by atoms with Gasteiger partial charge in [0.15, 0.2) is 0 Å². The second-order valence-electron chi connectivity index (χ2n) is 5.70. The molecule has 0 atom stereocenters. The van der Waals surface area contributed by atoms with Gasteiger partial charge in [-0.25, -0.2) is 4.79 Å². The van der Waals surface area contributed by atoms with Crippen LogP contribution in [0.5, 0.6) is 0 Å². The number of carboxylic acid groups (broad SMARTS) is 1. The first-order valence-electron chi connectivity index (χ1n) is 7.51. The van der Waals surface area contributed by atoms with E-state index in [1.54, 1.807) is 0 Å². The fourth-order valence-electron chi connectivity index (χ4n) is 3.01. The maximum atomic E-state index is 12.3. The molecule has 2 rings (SSSR count). The van der Waals surface area contributed by atoms with Gasteiger partial charge in [0.2, 0.25) is 0 Å². The van der Waals surface area contributed by atoms with Crippen LogP contribution >= 0.6 is 11.8 Å². The lowest BCUT2D eigenvalue weighted by molar-refractivity contribution is -0.138. The molecule has 2 N–H and O–H groups in total. The zero-order valence-electron chi connectivity index (χ0n) is 11.8. The van der Waals surface area contributed by atoms with Crippen LogP contribution < -0.4 is 5.32 Å². The summed E-state index contributed by atoms with van der Waals surface area (Å²) in [6, 6.07) is -0.0921. The molecule has 0 aromatic heterocycles. The number of carbonyl (C=O) groups excluding carboxylic acids is 1. The van der Waals surface area contributed by atoms with Gasteiger partial charge in [-0.15, -0.1) is 0 Å². The normalized spacial score (nSPS) is 20.8. The highest BCUT2D eigenvalue weighted by Crippen LogP contribution is 2.24. The van der Waals surface area contributed by atoms with Gasteiger partial charge in [-0.2, -0.15) is 11.8 Å². The molecule has 1 heterocycles. The highest BCUT2D eigenvalue weighted by Gasteiger charge is 2.28. The van der Waals surface area contributed by atoms with Crippen molar-refractivity contribution in [1.82, 2.24) is 10.2 Å². The Morgan fingerprint density at radius 3 is 2.40 bits per heavy atom. The number of thioether (sulfide) groups is 1. The van der Waals surface area contributed by atoms with Crippen LogP contribution in [0.1, 0.15) is 38.5 Å². The standard InChI is InChI=1S/C14H24N2O3S/c17-13(18)10-16(12-3-1-2-4-12)14(19)15-9-11-5-7-20-8-6-11/h11-12H,1-10H2,(H,15,19)(H,17,18). The van der Waals surface area contributed by atoms with Crippen LogP contribution in [0.25, 0.3) is 0 Å². The second-order valence-corrected chi connectivity index (χ2v) is 6.93. The fraction of sp³-hybridized carbons (Fsp3) is 0.857. The first-order chi connectivity index (χ1) is 9.66. The summed E-state index contributed by atoms with van der Waals surface area (Å²) in [7, 11) is 0. The molecule has 2 fully saturated rings. The molecular weight excluding hydrogens is 276 g/mol. The zero-order valence-corrected chi connectivity index (χ0v) is 12.7. The Labute approximate surface area is 124 Å². The monoisotopic (exact) mass is 300 g/mol. The molecule has 0 unspecified atom stereocenters. The van der Waals surface area contributed by atoms with Crippen LogP contribution in [0.3, 0.4) is 0 Å². The number of carboxylic acids is 1. The summed E-state index contributed by atoms with van der Waals surface area (Å²) in [4.78, 5) is 24.7. The highest BCUT2D eigenvalue weighted by atomic mass is 32.2. The Hall–Kier alpha value is -0.910. The molecule has 1 aliphatic heterocycles. The predicted octanol–water partition coefficient (Wildman–Crippen LogP) is 2.17. The van der Waals surface area contributed by atoms with Crippen LogP contribution in [0.2, 0.25) is 0 Å². The van der Waals surface area contributed by atoms with Crippen molar-refractivity contribution in [3.8, 4) is 0 Å². The summed E-state index contributed by atoms with van der Waals surface area (Å²) in [6.45, 7) is 0.499. The topological polar surface area (TPSA) is 69.6 Å². The van der Waals surface area contributed by atoms with Gasteiger partial charge in [-0.1, -0.05) is 12.8 Å². The number of hydrogen-bond acceptors (Lipinski definition) is 3. The minimum absolute atomic E-state index is 0.105. The van der Waals surface area contributed by atoms with Crippen molar-refractivity contribution in [3.63, 3.8) is 0 Å². The van der Waals surface area contributed by atoms with Gasteiger partial charge in [0.05, 0.1) is 0 Å². The first kappa shape index (κ1) is 15.5. The van der Waals surface area contributed by atoms with Gasteiger partial charge in [-0.05, 0) is 43.1 Å². The first-order valence-corrected chi connectivity index (χ1v) is 8.66. The van der Waals surface area contributed by atoms with E-state index < -0.39 is 5.97 Å². The molecule has 2 aliphatic rings. The molecule has 0 aromatic carbocycles. The quantitative estimate of drug-likeness (QED) is 0.816. The van der Waals surface area contributed by atoms with E-state index in [2.05, 4.69) is 5.32 Å². The number of urea groups is 1. The lowest BCUT2D eigenvalue weighted by atomic mass is 10.0. The average molecular weight is 300 g/mol. The van der Waals surface area contributed by atoms with Crippen molar-refractivity contribution in [2.45, 2.75) is 44.6 Å². The Morgan fingerprint density at radius 2 is 1.80 bits per heavy atom. The fourth-order valence-corrected chi connectivity index (χ4v) is 4.22. The number of hydrogen-bond donors (Lipinski definition) is 2. The Kier molecular flexibility index (Phi) is 6.01. The van der Waals surface area contributed by atoms with Crippen molar-refractivity contribution in [2.24, 2.45) is 5.92 Å². The van der Waals surface area contributed by atoms with E-state index in [0.717, 1.165) is 38.5 Å². The largest absolute Gasteiger partial charge is 0.480 e. The number of rotatable bonds is 5. The molecule has 6 heteroatoms. The van der Waals surface area contributed by atoms with Crippen LogP contribution in [0, 0.1) is 5.92 Å². The van der Waals surface area contributed by atoms with Gasteiger partial charge < -0.3 is 15.3 Å². The molecule has 5 nitrogen and oxygen atoms in total. The van der Waals surface area contributed by atoms with Crippen molar-refractivity contribution in [2.75, 3.05) is 24.6 Å².